The van der Waals surface area contributed by atoms with Crippen molar-refractivity contribution in [2.45, 2.75) is 33.1 Å². The van der Waals surface area contributed by atoms with E-state index in [4.69, 9.17) is 0 Å². The van der Waals surface area contributed by atoms with Crippen LogP contribution < -0.4 is 0 Å². The van der Waals surface area contributed by atoms with Gasteiger partial charge >= 0.3 is 0 Å². The smallest absolute Gasteiger partial charge is 0.150 e. The molecular weight excluding hydrogens is 196 g/mol. The molecule has 0 bridgehead atoms. The second kappa shape index (κ2) is 4.25. The fraction of sp³-hybridized carbons (Fsp3) is 0.400. The largest absolute Gasteiger partial charge is 0.298 e. The van der Waals surface area contributed by atoms with Crippen LogP contribution in [0.4, 0.5) is 0 Å². The van der Waals surface area contributed by atoms with Gasteiger partial charge in [0.2, 0.25) is 0 Å². The fourth-order valence-corrected chi connectivity index (χ4v) is 2.34. The van der Waals surface area contributed by atoms with Gasteiger partial charge in [0.15, 0.2) is 0 Å². The lowest BCUT2D eigenvalue weighted by Crippen LogP contribution is -2.15. The van der Waals surface area contributed by atoms with Crippen LogP contribution in [0.3, 0.4) is 0 Å². The highest BCUT2D eigenvalue weighted by atomic mass is 16.1. The SMILES string of the molecule is CC1(C)CCC=C(c2cccc(C=O)c2)C1. The van der Waals surface area contributed by atoms with E-state index in [1.54, 1.807) is 0 Å². The van der Waals surface area contributed by atoms with E-state index in [2.05, 4.69) is 26.0 Å². The second-order valence-corrected chi connectivity index (χ2v) is 5.35. The number of hydrogen-bond acceptors (Lipinski definition) is 1. The van der Waals surface area contributed by atoms with Gasteiger partial charge in [0.1, 0.15) is 6.29 Å². The van der Waals surface area contributed by atoms with Crippen LogP contribution in [0.2, 0.25) is 0 Å². The molecule has 1 aliphatic carbocycles. The molecule has 1 nitrogen and oxygen atoms in total. The summed E-state index contributed by atoms with van der Waals surface area (Å²) in [5, 5.41) is 0. The molecule has 1 heteroatoms. The standard InChI is InChI=1S/C15H18O/c1-15(2)8-4-7-14(10-15)13-6-3-5-12(9-13)11-16/h3,5-7,9,11H,4,8,10H2,1-2H3. The molecule has 0 atom stereocenters. The summed E-state index contributed by atoms with van der Waals surface area (Å²) < 4.78 is 0. The molecule has 2 rings (SSSR count). The zero-order valence-corrected chi connectivity index (χ0v) is 9.99. The van der Waals surface area contributed by atoms with Crippen LogP contribution >= 0.6 is 0 Å². The van der Waals surface area contributed by atoms with Gasteiger partial charge in [-0.1, -0.05) is 38.1 Å². The fourth-order valence-electron chi connectivity index (χ4n) is 2.34. The second-order valence-electron chi connectivity index (χ2n) is 5.35. The molecule has 0 fully saturated rings. The minimum Gasteiger partial charge on any atom is -0.298 e. The Morgan fingerprint density at radius 3 is 2.81 bits per heavy atom. The molecule has 0 amide bonds. The quantitative estimate of drug-likeness (QED) is 0.677. The van der Waals surface area contributed by atoms with E-state index < -0.39 is 0 Å². The van der Waals surface area contributed by atoms with Crippen molar-refractivity contribution in [2.75, 3.05) is 0 Å². The van der Waals surface area contributed by atoms with Crippen LogP contribution in [0.15, 0.2) is 30.3 Å². The Morgan fingerprint density at radius 2 is 2.12 bits per heavy atom. The maximum atomic E-state index is 10.7. The molecule has 0 saturated heterocycles. The van der Waals surface area contributed by atoms with Crippen LogP contribution in [-0.4, -0.2) is 6.29 Å². The van der Waals surface area contributed by atoms with Gasteiger partial charge in [-0.15, -0.1) is 0 Å². The summed E-state index contributed by atoms with van der Waals surface area (Å²) in [5.74, 6) is 0. The van der Waals surface area contributed by atoms with E-state index in [1.165, 1.54) is 17.6 Å². The van der Waals surface area contributed by atoms with E-state index in [0.29, 0.717) is 5.41 Å². The van der Waals surface area contributed by atoms with Crippen LogP contribution in [0.25, 0.3) is 5.57 Å². The van der Waals surface area contributed by atoms with Gasteiger partial charge < -0.3 is 0 Å². The number of aldehydes is 1. The molecule has 1 aromatic carbocycles. The van der Waals surface area contributed by atoms with Crippen LogP contribution in [0.1, 0.15) is 49.0 Å². The van der Waals surface area contributed by atoms with Crippen LogP contribution in [-0.2, 0) is 0 Å². The van der Waals surface area contributed by atoms with Crippen molar-refractivity contribution in [1.82, 2.24) is 0 Å². The van der Waals surface area contributed by atoms with E-state index in [-0.39, 0.29) is 0 Å². The van der Waals surface area contributed by atoms with Crippen molar-refractivity contribution in [3.8, 4) is 0 Å². The Labute approximate surface area is 97.2 Å². The highest BCUT2D eigenvalue weighted by Gasteiger charge is 2.23. The molecule has 0 N–H and O–H groups in total. The number of benzene rings is 1. The monoisotopic (exact) mass is 214 g/mol. The van der Waals surface area contributed by atoms with Crippen molar-refractivity contribution in [3.05, 3.63) is 41.5 Å². The van der Waals surface area contributed by atoms with Gasteiger partial charge in [-0.05, 0) is 41.9 Å². The molecule has 1 aromatic rings. The third-order valence-corrected chi connectivity index (χ3v) is 3.27. The molecule has 0 heterocycles. The number of hydrogen-bond donors (Lipinski definition) is 0. The minimum atomic E-state index is 0.390. The first-order valence-electron chi connectivity index (χ1n) is 5.85. The molecule has 0 saturated carbocycles. The topological polar surface area (TPSA) is 17.1 Å². The van der Waals surface area contributed by atoms with Crippen molar-refractivity contribution in [3.63, 3.8) is 0 Å². The summed E-state index contributed by atoms with van der Waals surface area (Å²) in [5.41, 5.74) is 3.75. The highest BCUT2D eigenvalue weighted by Crippen LogP contribution is 2.39. The van der Waals surface area contributed by atoms with Gasteiger partial charge in [-0.25, -0.2) is 0 Å². The lowest BCUT2D eigenvalue weighted by atomic mass is 9.75. The highest BCUT2D eigenvalue weighted by molar-refractivity contribution is 5.78. The van der Waals surface area contributed by atoms with Crippen molar-refractivity contribution in [1.29, 1.82) is 0 Å². The molecule has 1 aliphatic rings. The van der Waals surface area contributed by atoms with Crippen molar-refractivity contribution >= 4 is 11.9 Å². The van der Waals surface area contributed by atoms with Gasteiger partial charge in [0.25, 0.3) is 0 Å². The Bertz CT molecular complexity index is 427. The first-order valence-corrected chi connectivity index (χ1v) is 5.85. The summed E-state index contributed by atoms with van der Waals surface area (Å²) in [6.07, 6.45) is 6.74. The average Bonchev–Trinajstić information content (AvgIpc) is 2.28. The lowest BCUT2D eigenvalue weighted by Gasteiger charge is -2.30. The predicted octanol–water partition coefficient (Wildman–Crippen LogP) is 4.09. The molecule has 84 valence electrons. The van der Waals surface area contributed by atoms with Gasteiger partial charge in [-0.2, -0.15) is 0 Å². The Balaban J connectivity index is 2.30. The summed E-state index contributed by atoms with van der Waals surface area (Å²) in [6.45, 7) is 4.62. The number of carbonyl (C=O) groups is 1. The van der Waals surface area contributed by atoms with Gasteiger partial charge in [0.05, 0.1) is 0 Å². The number of rotatable bonds is 2. The third kappa shape index (κ3) is 2.41. The van der Waals surface area contributed by atoms with E-state index >= 15 is 0 Å². The Hall–Kier alpha value is -1.37. The maximum Gasteiger partial charge on any atom is 0.150 e. The normalized spacial score (nSPS) is 19.0. The lowest BCUT2D eigenvalue weighted by molar-refractivity contribution is 0.112. The molecule has 0 spiro atoms. The summed E-state index contributed by atoms with van der Waals surface area (Å²) in [4.78, 5) is 10.7. The first-order chi connectivity index (χ1) is 7.61. The summed E-state index contributed by atoms with van der Waals surface area (Å²) >= 11 is 0. The van der Waals surface area contributed by atoms with Crippen LogP contribution in [0.5, 0.6) is 0 Å². The van der Waals surface area contributed by atoms with E-state index in [0.717, 1.165) is 24.7 Å². The maximum absolute atomic E-state index is 10.7. The van der Waals surface area contributed by atoms with Crippen molar-refractivity contribution in [2.24, 2.45) is 5.41 Å². The van der Waals surface area contributed by atoms with Crippen molar-refractivity contribution < 1.29 is 4.79 Å². The first kappa shape index (κ1) is 11.1. The Kier molecular flexibility index (Phi) is 2.95. The molecule has 0 radical (unpaired) electrons. The molecular formula is C15H18O. The third-order valence-electron chi connectivity index (χ3n) is 3.27. The molecule has 0 aromatic heterocycles. The van der Waals surface area contributed by atoms with E-state index in [9.17, 15) is 4.79 Å². The van der Waals surface area contributed by atoms with E-state index in [1.807, 2.05) is 18.2 Å². The molecule has 16 heavy (non-hydrogen) atoms. The number of carbonyl (C=O) groups excluding carboxylic acids is 1. The molecule has 0 aliphatic heterocycles. The van der Waals surface area contributed by atoms with Crippen LogP contribution in [0, 0.1) is 5.41 Å². The van der Waals surface area contributed by atoms with Gasteiger partial charge in [0, 0.05) is 5.56 Å². The average molecular weight is 214 g/mol. The Morgan fingerprint density at radius 1 is 1.31 bits per heavy atom. The summed E-state index contributed by atoms with van der Waals surface area (Å²) in [7, 11) is 0. The molecule has 0 unspecified atom stereocenters. The minimum absolute atomic E-state index is 0.390. The summed E-state index contributed by atoms with van der Waals surface area (Å²) in [6, 6.07) is 7.90. The zero-order chi connectivity index (χ0) is 11.6. The predicted molar refractivity (Wildman–Crippen MR) is 67.4 cm³/mol. The number of allylic oxidation sites excluding steroid dienone is 2. The van der Waals surface area contributed by atoms with Gasteiger partial charge in [-0.3, -0.25) is 4.79 Å². The zero-order valence-electron chi connectivity index (χ0n) is 9.99.